The van der Waals surface area contributed by atoms with Crippen molar-refractivity contribution in [1.29, 1.82) is 0 Å². The number of halogens is 1. The Hall–Kier alpha value is -1.89. The molecule has 1 rings (SSSR count). The van der Waals surface area contributed by atoms with Crippen molar-refractivity contribution >= 4 is 29.6 Å². The van der Waals surface area contributed by atoms with Gasteiger partial charge in [0.15, 0.2) is 5.82 Å². The van der Waals surface area contributed by atoms with E-state index in [-0.39, 0.29) is 11.0 Å². The summed E-state index contributed by atoms with van der Waals surface area (Å²) in [7, 11) is 0. The van der Waals surface area contributed by atoms with E-state index in [2.05, 4.69) is 9.97 Å². The minimum absolute atomic E-state index is 0.0256. The van der Waals surface area contributed by atoms with Gasteiger partial charge in [-0.15, -0.1) is 0 Å². The average molecular weight is 274 g/mol. The van der Waals surface area contributed by atoms with Crippen LogP contribution in [0.5, 0.6) is 0 Å². The lowest BCUT2D eigenvalue weighted by Crippen LogP contribution is -2.40. The first kappa shape index (κ1) is 14.2. The first-order valence-corrected chi connectivity index (χ1v) is 5.32. The summed E-state index contributed by atoms with van der Waals surface area (Å²) in [4.78, 5) is 30.5. The number of ether oxygens (including phenoxy) is 1. The summed E-state index contributed by atoms with van der Waals surface area (Å²) < 4.78 is 4.95. The number of anilines is 1. The SMILES string of the molecule is CC(C)(C)OC(=O)N(C(=O)O)c1cncc(Cl)n1. The largest absolute Gasteiger partial charge is 0.464 e. The number of carbonyl (C=O) groups is 2. The lowest BCUT2D eigenvalue weighted by molar-refractivity contribution is 0.0581. The molecule has 0 spiro atoms. The summed E-state index contributed by atoms with van der Waals surface area (Å²) in [5, 5.41) is 8.97. The third kappa shape index (κ3) is 3.85. The summed E-state index contributed by atoms with van der Waals surface area (Å²) in [6.45, 7) is 4.86. The minimum Gasteiger partial charge on any atom is -0.464 e. The maximum absolute atomic E-state index is 11.7. The molecule has 1 heterocycles. The number of carboxylic acid groups (broad SMARTS) is 1. The Bertz CT molecular complexity index is 472. The van der Waals surface area contributed by atoms with Gasteiger partial charge >= 0.3 is 12.2 Å². The van der Waals surface area contributed by atoms with Crippen LogP contribution in [0.1, 0.15) is 20.8 Å². The maximum Gasteiger partial charge on any atom is 0.425 e. The van der Waals surface area contributed by atoms with Crippen molar-refractivity contribution in [2.24, 2.45) is 0 Å². The average Bonchev–Trinajstić information content (AvgIpc) is 2.13. The summed E-state index contributed by atoms with van der Waals surface area (Å²) in [6.07, 6.45) is -0.267. The van der Waals surface area contributed by atoms with E-state index in [1.54, 1.807) is 20.8 Å². The van der Waals surface area contributed by atoms with E-state index in [0.717, 1.165) is 6.20 Å². The van der Waals surface area contributed by atoms with Gasteiger partial charge in [0.05, 0.1) is 12.4 Å². The van der Waals surface area contributed by atoms with Crippen molar-refractivity contribution in [3.05, 3.63) is 17.5 Å². The maximum atomic E-state index is 11.7. The van der Waals surface area contributed by atoms with E-state index in [0.29, 0.717) is 4.90 Å². The van der Waals surface area contributed by atoms with Crippen LogP contribution in [0.3, 0.4) is 0 Å². The molecule has 0 saturated heterocycles. The number of carbonyl (C=O) groups excluding carboxylic acids is 1. The van der Waals surface area contributed by atoms with Crippen LogP contribution in [0.2, 0.25) is 5.15 Å². The Kier molecular flexibility index (Phi) is 4.07. The van der Waals surface area contributed by atoms with Crippen LogP contribution in [0.15, 0.2) is 12.4 Å². The van der Waals surface area contributed by atoms with Gasteiger partial charge in [0, 0.05) is 0 Å². The molecule has 8 heteroatoms. The summed E-state index contributed by atoms with van der Waals surface area (Å²) >= 11 is 5.59. The second-order valence-corrected chi connectivity index (χ2v) is 4.69. The molecule has 0 radical (unpaired) electrons. The van der Waals surface area contributed by atoms with Crippen molar-refractivity contribution in [1.82, 2.24) is 9.97 Å². The standard InChI is InChI=1S/C10H12ClN3O4/c1-10(2,3)18-9(17)14(8(15)16)7-5-12-4-6(11)13-7/h4-5H,1-3H3,(H,15,16). The summed E-state index contributed by atoms with van der Waals surface area (Å²) in [5.41, 5.74) is -0.823. The normalized spacial score (nSPS) is 10.9. The molecule has 2 amide bonds. The van der Waals surface area contributed by atoms with Gasteiger partial charge < -0.3 is 9.84 Å². The first-order chi connectivity index (χ1) is 8.20. The van der Waals surface area contributed by atoms with Crippen LogP contribution >= 0.6 is 11.6 Å². The lowest BCUT2D eigenvalue weighted by atomic mass is 10.2. The van der Waals surface area contributed by atoms with Gasteiger partial charge in [0.1, 0.15) is 10.8 Å². The van der Waals surface area contributed by atoms with Crippen molar-refractivity contribution < 1.29 is 19.4 Å². The fourth-order valence-corrected chi connectivity index (χ4v) is 1.16. The third-order valence-electron chi connectivity index (χ3n) is 1.59. The Balaban J connectivity index is 3.04. The molecule has 0 fully saturated rings. The second-order valence-electron chi connectivity index (χ2n) is 4.30. The van der Waals surface area contributed by atoms with Gasteiger partial charge in [-0.2, -0.15) is 4.90 Å². The zero-order valence-corrected chi connectivity index (χ0v) is 10.8. The number of aromatic nitrogens is 2. The summed E-state index contributed by atoms with van der Waals surface area (Å²) in [5.74, 6) is -0.218. The highest BCUT2D eigenvalue weighted by atomic mass is 35.5. The molecular weight excluding hydrogens is 262 g/mol. The lowest BCUT2D eigenvalue weighted by Gasteiger charge is -2.23. The number of imide groups is 1. The molecule has 1 N–H and O–H groups in total. The number of hydrogen-bond acceptors (Lipinski definition) is 5. The molecule has 0 saturated carbocycles. The van der Waals surface area contributed by atoms with E-state index < -0.39 is 17.8 Å². The fraction of sp³-hybridized carbons (Fsp3) is 0.400. The van der Waals surface area contributed by atoms with Gasteiger partial charge in [-0.05, 0) is 20.8 Å². The molecule has 98 valence electrons. The molecule has 0 aliphatic carbocycles. The fourth-order valence-electron chi connectivity index (χ4n) is 1.02. The van der Waals surface area contributed by atoms with Gasteiger partial charge in [-0.25, -0.2) is 14.6 Å². The van der Waals surface area contributed by atoms with E-state index in [1.165, 1.54) is 6.20 Å². The van der Waals surface area contributed by atoms with E-state index in [4.69, 9.17) is 21.4 Å². The number of rotatable bonds is 1. The van der Waals surface area contributed by atoms with E-state index >= 15 is 0 Å². The molecule has 0 bridgehead atoms. The molecule has 0 aliphatic rings. The highest BCUT2D eigenvalue weighted by Crippen LogP contribution is 2.17. The molecule has 0 atom stereocenters. The molecule has 0 aliphatic heterocycles. The van der Waals surface area contributed by atoms with Gasteiger partial charge in [0.25, 0.3) is 0 Å². The van der Waals surface area contributed by atoms with Crippen molar-refractivity contribution in [2.75, 3.05) is 4.90 Å². The quantitative estimate of drug-likeness (QED) is 0.845. The Morgan fingerprint density at radius 1 is 1.39 bits per heavy atom. The first-order valence-electron chi connectivity index (χ1n) is 4.94. The predicted molar refractivity (Wildman–Crippen MR) is 63.8 cm³/mol. The van der Waals surface area contributed by atoms with Crippen LogP contribution < -0.4 is 4.90 Å². The Morgan fingerprint density at radius 2 is 2.00 bits per heavy atom. The molecule has 18 heavy (non-hydrogen) atoms. The second kappa shape index (κ2) is 5.18. The van der Waals surface area contributed by atoms with Crippen molar-refractivity contribution in [3.8, 4) is 0 Å². The van der Waals surface area contributed by atoms with Crippen LogP contribution in [0, 0.1) is 0 Å². The van der Waals surface area contributed by atoms with Gasteiger partial charge in [-0.3, -0.25) is 4.98 Å². The van der Waals surface area contributed by atoms with Crippen molar-refractivity contribution in [2.45, 2.75) is 26.4 Å². The van der Waals surface area contributed by atoms with Crippen molar-refractivity contribution in [3.63, 3.8) is 0 Å². The smallest absolute Gasteiger partial charge is 0.425 e. The van der Waals surface area contributed by atoms with Crippen LogP contribution in [-0.2, 0) is 4.74 Å². The Morgan fingerprint density at radius 3 is 2.44 bits per heavy atom. The molecule has 1 aromatic rings. The van der Waals surface area contributed by atoms with E-state index in [1.807, 2.05) is 0 Å². The molecule has 0 unspecified atom stereocenters. The number of amides is 2. The zero-order valence-electron chi connectivity index (χ0n) is 10.0. The number of hydrogen-bond donors (Lipinski definition) is 1. The molecule has 1 aromatic heterocycles. The minimum atomic E-state index is -1.53. The summed E-state index contributed by atoms with van der Waals surface area (Å²) in [6, 6.07) is 0. The molecule has 0 aromatic carbocycles. The molecule has 7 nitrogen and oxygen atoms in total. The monoisotopic (exact) mass is 273 g/mol. The highest BCUT2D eigenvalue weighted by Gasteiger charge is 2.29. The molecular formula is C10H12ClN3O4. The topological polar surface area (TPSA) is 92.6 Å². The van der Waals surface area contributed by atoms with Crippen LogP contribution in [0.4, 0.5) is 15.4 Å². The zero-order chi connectivity index (χ0) is 13.9. The van der Waals surface area contributed by atoms with Gasteiger partial charge in [0.2, 0.25) is 0 Å². The Labute approximate surface area is 108 Å². The van der Waals surface area contributed by atoms with Crippen LogP contribution in [-0.4, -0.2) is 32.9 Å². The highest BCUT2D eigenvalue weighted by molar-refractivity contribution is 6.29. The van der Waals surface area contributed by atoms with Gasteiger partial charge in [-0.1, -0.05) is 11.6 Å². The van der Waals surface area contributed by atoms with E-state index in [9.17, 15) is 9.59 Å². The van der Waals surface area contributed by atoms with Crippen LogP contribution in [0.25, 0.3) is 0 Å². The third-order valence-corrected chi connectivity index (χ3v) is 1.77. The number of nitrogens with zero attached hydrogens (tertiary/aromatic N) is 3. The predicted octanol–water partition coefficient (Wildman–Crippen LogP) is 2.55.